The van der Waals surface area contributed by atoms with Crippen LogP contribution in [-0.2, 0) is 4.52 Å². The summed E-state index contributed by atoms with van der Waals surface area (Å²) in [7, 11) is -2.87. The van der Waals surface area contributed by atoms with Crippen LogP contribution in [0, 0.1) is 5.92 Å². The van der Waals surface area contributed by atoms with Gasteiger partial charge in [-0.3, -0.25) is 9.05 Å². The smallest absolute Gasteiger partial charge is 0.274 e. The molecule has 0 fully saturated rings. The highest BCUT2D eigenvalue weighted by atomic mass is 31.2. The Morgan fingerprint density at radius 1 is 0.594 bits per heavy atom. The molecule has 0 aliphatic rings. The Kier molecular flexibility index (Phi) is 10.1. The molecule has 0 aromatic heterocycles. The van der Waals surface area contributed by atoms with Crippen molar-refractivity contribution in [1.82, 2.24) is 0 Å². The van der Waals surface area contributed by atoms with Crippen molar-refractivity contribution in [3.05, 3.63) is 91.0 Å². The van der Waals surface area contributed by atoms with Gasteiger partial charge in [0.25, 0.3) is 0 Å². The highest BCUT2D eigenvalue weighted by molar-refractivity contribution is 7.70. The number of hydrogen-bond acceptors (Lipinski definition) is 3. The minimum absolute atomic E-state index is 0.604. The molecule has 0 bridgehead atoms. The molecule has 170 valence electrons. The van der Waals surface area contributed by atoms with Crippen LogP contribution in [-0.4, -0.2) is 6.61 Å². The number of rotatable bonds is 14. The first kappa shape index (κ1) is 24.3. The molecule has 4 heteroatoms. The Labute approximate surface area is 194 Å². The molecule has 3 aromatic rings. The standard InChI is InChI=1S/C28H36O3P/c1-25(2)17-9-4-3-5-16-24-29-32(28-22-14-8-15-23-28,30-26-18-10-6-11-19-26)31-27-20-12-7-13-21-27/h6-8,10-15,18-23,25H,3-5,9,16-17,24H2,1-2H3/q+1. The lowest BCUT2D eigenvalue weighted by atomic mass is 10.0. The monoisotopic (exact) mass is 451 g/mol. The number of para-hydroxylation sites is 2. The predicted molar refractivity (Wildman–Crippen MR) is 136 cm³/mol. The molecule has 3 nitrogen and oxygen atoms in total. The minimum atomic E-state index is -2.87. The van der Waals surface area contributed by atoms with Crippen LogP contribution in [0.5, 0.6) is 11.5 Å². The first-order valence-electron chi connectivity index (χ1n) is 11.8. The maximum Gasteiger partial charge on any atom is 0.535 e. The molecule has 0 spiro atoms. The summed E-state index contributed by atoms with van der Waals surface area (Å²) < 4.78 is 19.6. The third-order valence-corrected chi connectivity index (χ3v) is 7.55. The minimum Gasteiger partial charge on any atom is -0.274 e. The zero-order valence-electron chi connectivity index (χ0n) is 19.4. The second-order valence-electron chi connectivity index (χ2n) is 8.43. The first-order valence-corrected chi connectivity index (χ1v) is 13.3. The molecule has 0 saturated heterocycles. The van der Waals surface area contributed by atoms with Gasteiger partial charge in [0.05, 0.1) is 6.61 Å². The van der Waals surface area contributed by atoms with E-state index < -0.39 is 7.94 Å². The van der Waals surface area contributed by atoms with Crippen LogP contribution < -0.4 is 14.4 Å². The van der Waals surface area contributed by atoms with Crippen molar-refractivity contribution in [3.63, 3.8) is 0 Å². The van der Waals surface area contributed by atoms with E-state index in [9.17, 15) is 0 Å². The molecule has 32 heavy (non-hydrogen) atoms. The zero-order valence-corrected chi connectivity index (χ0v) is 20.3. The van der Waals surface area contributed by atoms with Crippen molar-refractivity contribution >= 4 is 13.2 Å². The van der Waals surface area contributed by atoms with E-state index in [4.69, 9.17) is 13.6 Å². The van der Waals surface area contributed by atoms with Gasteiger partial charge in [0.1, 0.15) is 0 Å². The van der Waals surface area contributed by atoms with Gasteiger partial charge in [-0.15, -0.1) is 0 Å². The number of hydrogen-bond donors (Lipinski definition) is 0. The van der Waals surface area contributed by atoms with E-state index in [1.54, 1.807) is 0 Å². The fourth-order valence-electron chi connectivity index (χ4n) is 3.47. The first-order chi connectivity index (χ1) is 15.7. The van der Waals surface area contributed by atoms with E-state index in [0.717, 1.165) is 35.6 Å². The molecule has 0 amide bonds. The van der Waals surface area contributed by atoms with Crippen LogP contribution in [0.15, 0.2) is 91.0 Å². The van der Waals surface area contributed by atoms with E-state index in [1.807, 2.05) is 91.0 Å². The Bertz CT molecular complexity index is 827. The van der Waals surface area contributed by atoms with E-state index in [1.165, 1.54) is 25.7 Å². The highest BCUT2D eigenvalue weighted by Crippen LogP contribution is 2.60. The van der Waals surface area contributed by atoms with Crippen LogP contribution in [0.2, 0.25) is 0 Å². The van der Waals surface area contributed by atoms with E-state index in [0.29, 0.717) is 6.61 Å². The van der Waals surface area contributed by atoms with Crippen molar-refractivity contribution in [2.24, 2.45) is 5.92 Å². The van der Waals surface area contributed by atoms with Crippen LogP contribution in [0.3, 0.4) is 0 Å². The fraction of sp³-hybridized carbons (Fsp3) is 0.357. The summed E-state index contributed by atoms with van der Waals surface area (Å²) in [6, 6.07) is 29.7. The van der Waals surface area contributed by atoms with Gasteiger partial charge in [0.15, 0.2) is 11.5 Å². The fourth-order valence-corrected chi connectivity index (χ4v) is 5.68. The van der Waals surface area contributed by atoms with Crippen molar-refractivity contribution < 1.29 is 13.6 Å². The Hall–Kier alpha value is -2.35. The molecule has 3 aromatic carbocycles. The second kappa shape index (κ2) is 13.3. The SMILES string of the molecule is CC(C)CCCCCCCO[P+](Oc1ccccc1)(Oc1ccccc1)c1ccccc1. The normalized spacial score (nSPS) is 11.5. The maximum atomic E-state index is 6.54. The van der Waals surface area contributed by atoms with Crippen LogP contribution in [0.4, 0.5) is 0 Å². The van der Waals surface area contributed by atoms with E-state index in [2.05, 4.69) is 13.8 Å². The quantitative estimate of drug-likeness (QED) is 0.182. The van der Waals surface area contributed by atoms with E-state index in [-0.39, 0.29) is 0 Å². The van der Waals surface area contributed by atoms with Crippen molar-refractivity contribution in [3.8, 4) is 11.5 Å². The van der Waals surface area contributed by atoms with Gasteiger partial charge in [-0.1, -0.05) is 101 Å². The lowest BCUT2D eigenvalue weighted by Gasteiger charge is -2.22. The molecule has 0 unspecified atom stereocenters. The summed E-state index contributed by atoms with van der Waals surface area (Å²) >= 11 is 0. The van der Waals surface area contributed by atoms with Crippen molar-refractivity contribution in [1.29, 1.82) is 0 Å². The molecule has 0 aliphatic carbocycles. The molecule has 0 N–H and O–H groups in total. The third kappa shape index (κ3) is 7.97. The van der Waals surface area contributed by atoms with Crippen LogP contribution in [0.25, 0.3) is 0 Å². The van der Waals surface area contributed by atoms with E-state index >= 15 is 0 Å². The average Bonchev–Trinajstić information content (AvgIpc) is 2.82. The summed E-state index contributed by atoms with van der Waals surface area (Å²) in [5.74, 6) is 2.28. The highest BCUT2D eigenvalue weighted by Gasteiger charge is 2.51. The van der Waals surface area contributed by atoms with Gasteiger partial charge >= 0.3 is 7.94 Å². The number of unbranched alkanes of at least 4 members (excludes halogenated alkanes) is 4. The van der Waals surface area contributed by atoms with Gasteiger partial charge in [0.2, 0.25) is 5.30 Å². The van der Waals surface area contributed by atoms with Gasteiger partial charge in [-0.25, -0.2) is 0 Å². The molecular weight excluding hydrogens is 415 g/mol. The molecule has 0 atom stereocenters. The Balaban J connectivity index is 1.72. The summed E-state index contributed by atoms with van der Waals surface area (Å²) in [4.78, 5) is 0. The van der Waals surface area contributed by atoms with Crippen LogP contribution >= 0.6 is 7.94 Å². The van der Waals surface area contributed by atoms with Gasteiger partial charge in [-0.2, -0.15) is 4.52 Å². The van der Waals surface area contributed by atoms with Gasteiger partial charge in [-0.05, 0) is 48.7 Å². The molecule has 0 aliphatic heterocycles. The molecular formula is C28H36O3P+. The topological polar surface area (TPSA) is 27.7 Å². The maximum absolute atomic E-state index is 6.54. The summed E-state index contributed by atoms with van der Waals surface area (Å²) in [5.41, 5.74) is 0. The predicted octanol–water partition coefficient (Wildman–Crippen LogP) is 8.25. The van der Waals surface area contributed by atoms with Gasteiger partial charge < -0.3 is 0 Å². The summed E-state index contributed by atoms with van der Waals surface area (Å²) in [5, 5.41) is 0.935. The summed E-state index contributed by atoms with van der Waals surface area (Å²) in [6.45, 7) is 5.19. The summed E-state index contributed by atoms with van der Waals surface area (Å²) in [6.07, 6.45) is 7.31. The van der Waals surface area contributed by atoms with Gasteiger partial charge in [0, 0.05) is 0 Å². The lowest BCUT2D eigenvalue weighted by Crippen LogP contribution is -2.24. The largest absolute Gasteiger partial charge is 0.535 e. The van der Waals surface area contributed by atoms with Crippen LogP contribution in [0.1, 0.15) is 52.4 Å². The molecule has 0 radical (unpaired) electrons. The molecule has 0 saturated carbocycles. The average molecular weight is 452 g/mol. The third-order valence-electron chi connectivity index (χ3n) is 5.20. The van der Waals surface area contributed by atoms with Crippen molar-refractivity contribution in [2.45, 2.75) is 52.4 Å². The van der Waals surface area contributed by atoms with Crippen molar-refractivity contribution in [2.75, 3.05) is 6.61 Å². The Morgan fingerprint density at radius 2 is 1.06 bits per heavy atom. The zero-order chi connectivity index (χ0) is 22.5. The molecule has 3 rings (SSSR count). The number of benzene rings is 3. The lowest BCUT2D eigenvalue weighted by molar-refractivity contribution is 0.244. The second-order valence-corrected chi connectivity index (χ2v) is 10.6. The Morgan fingerprint density at radius 3 is 1.59 bits per heavy atom. The molecule has 0 heterocycles.